The fraction of sp³-hybridized carbons (Fsp3) is 0.600. The molecule has 0 aliphatic heterocycles. The Kier molecular flexibility index (Phi) is 2.65. The van der Waals surface area contributed by atoms with Crippen molar-refractivity contribution in [3.05, 3.63) is 0 Å². The topological polar surface area (TPSA) is 79.6 Å². The van der Waals surface area contributed by atoms with E-state index in [9.17, 15) is 4.39 Å². The van der Waals surface area contributed by atoms with E-state index in [4.69, 9.17) is 5.73 Å². The van der Waals surface area contributed by atoms with Gasteiger partial charge in [-0.05, 0) is 6.42 Å². The van der Waals surface area contributed by atoms with Crippen LogP contribution in [0.25, 0.3) is 0 Å². The Hall–Kier alpha value is -1.33. The molecule has 0 fully saturated rings. The number of hydrogen-bond acceptors (Lipinski definition) is 4. The lowest BCUT2D eigenvalue weighted by molar-refractivity contribution is 0.481. The van der Waals surface area contributed by atoms with Gasteiger partial charge in [0, 0.05) is 6.54 Å². The SMILES string of the molecule is Nc1nc(NCCCF)n[nH]1. The second-order valence-corrected chi connectivity index (χ2v) is 2.01. The zero-order chi connectivity index (χ0) is 8.10. The number of rotatable bonds is 4. The van der Waals surface area contributed by atoms with Crippen LogP contribution in [0.4, 0.5) is 16.3 Å². The molecule has 1 heterocycles. The number of aromatic amines is 1. The molecule has 11 heavy (non-hydrogen) atoms. The summed E-state index contributed by atoms with van der Waals surface area (Å²) in [6.45, 7) is 0.181. The number of H-pyrrole nitrogens is 1. The van der Waals surface area contributed by atoms with Crippen molar-refractivity contribution < 1.29 is 4.39 Å². The third-order valence-electron chi connectivity index (χ3n) is 1.10. The summed E-state index contributed by atoms with van der Waals surface area (Å²) in [5.74, 6) is 0.670. The van der Waals surface area contributed by atoms with Gasteiger partial charge in [0.05, 0.1) is 6.67 Å². The molecule has 1 aromatic heterocycles. The van der Waals surface area contributed by atoms with E-state index < -0.39 is 0 Å². The number of aromatic nitrogens is 3. The van der Waals surface area contributed by atoms with Crippen molar-refractivity contribution in [2.24, 2.45) is 0 Å². The van der Waals surface area contributed by atoms with Crippen LogP contribution < -0.4 is 11.1 Å². The van der Waals surface area contributed by atoms with E-state index in [0.29, 0.717) is 18.9 Å². The third-order valence-corrected chi connectivity index (χ3v) is 1.10. The predicted molar refractivity (Wildman–Crippen MR) is 39.9 cm³/mol. The zero-order valence-corrected chi connectivity index (χ0v) is 5.97. The van der Waals surface area contributed by atoms with Gasteiger partial charge in [-0.25, -0.2) is 5.10 Å². The molecule has 1 rings (SSSR count). The van der Waals surface area contributed by atoms with Crippen molar-refractivity contribution in [1.29, 1.82) is 0 Å². The molecule has 4 N–H and O–H groups in total. The van der Waals surface area contributed by atoms with Crippen LogP contribution in [0.15, 0.2) is 0 Å². The van der Waals surface area contributed by atoms with E-state index in [0.717, 1.165) is 0 Å². The first kappa shape index (κ1) is 7.77. The largest absolute Gasteiger partial charge is 0.368 e. The number of hydrogen-bond donors (Lipinski definition) is 3. The van der Waals surface area contributed by atoms with Gasteiger partial charge in [0.25, 0.3) is 0 Å². The molecule has 5 nitrogen and oxygen atoms in total. The summed E-state index contributed by atoms with van der Waals surface area (Å²) in [4.78, 5) is 3.76. The molecule has 0 saturated carbocycles. The maximum absolute atomic E-state index is 11.6. The van der Waals surface area contributed by atoms with E-state index in [2.05, 4.69) is 20.5 Å². The summed E-state index contributed by atoms with van der Waals surface area (Å²) in [6.07, 6.45) is 0.453. The van der Waals surface area contributed by atoms with Crippen molar-refractivity contribution in [2.75, 3.05) is 24.3 Å². The average molecular weight is 159 g/mol. The smallest absolute Gasteiger partial charge is 0.243 e. The molecule has 0 amide bonds. The van der Waals surface area contributed by atoms with Crippen LogP contribution in [0, 0.1) is 0 Å². The lowest BCUT2D eigenvalue weighted by atomic mass is 10.5. The Morgan fingerprint density at radius 3 is 3.00 bits per heavy atom. The fourth-order valence-electron chi connectivity index (χ4n) is 0.620. The van der Waals surface area contributed by atoms with Crippen LogP contribution in [0.1, 0.15) is 6.42 Å². The summed E-state index contributed by atoms with van der Waals surface area (Å²) < 4.78 is 11.6. The molecule has 6 heteroatoms. The van der Waals surface area contributed by atoms with Crippen LogP contribution in [0.2, 0.25) is 0 Å². The minimum atomic E-state index is -0.340. The molecule has 0 aliphatic rings. The number of nitrogens with one attached hydrogen (secondary N) is 2. The number of alkyl halides is 1. The first-order chi connectivity index (χ1) is 5.33. The second-order valence-electron chi connectivity index (χ2n) is 2.01. The summed E-state index contributed by atoms with van der Waals surface area (Å²) in [5.41, 5.74) is 5.24. The standard InChI is InChI=1S/C5H10FN5/c6-2-1-3-8-5-9-4(7)10-11-5/h1-3H2,(H4,7,8,9,10,11). The van der Waals surface area contributed by atoms with Crippen LogP contribution in [-0.2, 0) is 0 Å². The van der Waals surface area contributed by atoms with Crippen molar-refractivity contribution in [1.82, 2.24) is 15.2 Å². The summed E-state index contributed by atoms with van der Waals surface area (Å²) in [7, 11) is 0. The molecule has 0 bridgehead atoms. The fourth-order valence-corrected chi connectivity index (χ4v) is 0.620. The first-order valence-electron chi connectivity index (χ1n) is 3.30. The van der Waals surface area contributed by atoms with E-state index in [1.54, 1.807) is 0 Å². The van der Waals surface area contributed by atoms with E-state index >= 15 is 0 Å². The highest BCUT2D eigenvalue weighted by Gasteiger charge is 1.96. The van der Waals surface area contributed by atoms with Crippen LogP contribution >= 0.6 is 0 Å². The van der Waals surface area contributed by atoms with Gasteiger partial charge in [-0.1, -0.05) is 0 Å². The van der Waals surface area contributed by atoms with E-state index in [-0.39, 0.29) is 12.6 Å². The molecule has 62 valence electrons. The maximum atomic E-state index is 11.6. The Bertz CT molecular complexity index is 210. The van der Waals surface area contributed by atoms with Gasteiger partial charge in [0.1, 0.15) is 0 Å². The van der Waals surface area contributed by atoms with Crippen LogP contribution in [0.3, 0.4) is 0 Å². The number of anilines is 2. The lowest BCUT2D eigenvalue weighted by Gasteiger charge is -1.95. The molecule has 0 saturated heterocycles. The lowest BCUT2D eigenvalue weighted by Crippen LogP contribution is -2.03. The molecule has 0 atom stereocenters. The van der Waals surface area contributed by atoms with Crippen molar-refractivity contribution in [2.45, 2.75) is 6.42 Å². The van der Waals surface area contributed by atoms with Gasteiger partial charge in [-0.2, -0.15) is 4.98 Å². The van der Waals surface area contributed by atoms with Crippen LogP contribution in [0.5, 0.6) is 0 Å². The maximum Gasteiger partial charge on any atom is 0.243 e. The van der Waals surface area contributed by atoms with E-state index in [1.807, 2.05) is 0 Å². The average Bonchev–Trinajstić information content (AvgIpc) is 2.37. The highest BCUT2D eigenvalue weighted by Crippen LogP contribution is 1.97. The summed E-state index contributed by atoms with van der Waals surface area (Å²) >= 11 is 0. The van der Waals surface area contributed by atoms with Crippen molar-refractivity contribution in [3.8, 4) is 0 Å². The molecule has 0 spiro atoms. The number of nitrogens with zero attached hydrogens (tertiary/aromatic N) is 2. The summed E-state index contributed by atoms with van der Waals surface area (Å²) in [5, 5.41) is 8.94. The molecule has 0 radical (unpaired) electrons. The monoisotopic (exact) mass is 159 g/mol. The van der Waals surface area contributed by atoms with Gasteiger partial charge in [-0.15, -0.1) is 5.10 Å². The quantitative estimate of drug-likeness (QED) is 0.546. The number of nitrogen functional groups attached to an aromatic ring is 1. The predicted octanol–water partition coefficient (Wildman–Crippen LogP) is 0.158. The molecule has 1 aromatic rings. The van der Waals surface area contributed by atoms with Gasteiger partial charge in [0.2, 0.25) is 11.9 Å². The molecule has 0 aromatic carbocycles. The van der Waals surface area contributed by atoms with Gasteiger partial charge in [-0.3, -0.25) is 4.39 Å². The minimum absolute atomic E-state index is 0.257. The molecule has 0 aliphatic carbocycles. The first-order valence-corrected chi connectivity index (χ1v) is 3.30. The minimum Gasteiger partial charge on any atom is -0.368 e. The molecular weight excluding hydrogens is 149 g/mol. The molecule has 0 unspecified atom stereocenters. The normalized spacial score (nSPS) is 9.91. The summed E-state index contributed by atoms with van der Waals surface area (Å²) in [6, 6.07) is 0. The highest BCUT2D eigenvalue weighted by atomic mass is 19.1. The Morgan fingerprint density at radius 2 is 2.45 bits per heavy atom. The second kappa shape index (κ2) is 3.75. The highest BCUT2D eigenvalue weighted by molar-refractivity contribution is 5.29. The number of halogens is 1. The molecular formula is C5H10FN5. The van der Waals surface area contributed by atoms with Gasteiger partial charge >= 0.3 is 0 Å². The Morgan fingerprint density at radius 1 is 1.64 bits per heavy atom. The zero-order valence-electron chi connectivity index (χ0n) is 5.97. The van der Waals surface area contributed by atoms with Crippen molar-refractivity contribution in [3.63, 3.8) is 0 Å². The van der Waals surface area contributed by atoms with E-state index in [1.165, 1.54) is 0 Å². The third kappa shape index (κ3) is 2.40. The Labute approximate surface area is 63.2 Å². The van der Waals surface area contributed by atoms with Gasteiger partial charge in [0.15, 0.2) is 0 Å². The van der Waals surface area contributed by atoms with Crippen molar-refractivity contribution >= 4 is 11.9 Å². The number of nitrogens with two attached hydrogens (primary N) is 1. The Balaban J connectivity index is 2.27. The van der Waals surface area contributed by atoms with Crippen LogP contribution in [-0.4, -0.2) is 28.4 Å². The van der Waals surface area contributed by atoms with Gasteiger partial charge < -0.3 is 11.1 Å².